The van der Waals surface area contributed by atoms with E-state index >= 15 is 0 Å². The van der Waals surface area contributed by atoms with E-state index in [2.05, 4.69) is 136 Å². The molecular weight excluding hydrogens is 615 g/mol. The van der Waals surface area contributed by atoms with Crippen molar-refractivity contribution in [1.29, 1.82) is 0 Å². The minimum Gasteiger partial charge on any atom is -0.319 e. The molecule has 0 saturated carbocycles. The van der Waals surface area contributed by atoms with E-state index in [1.807, 2.05) is 36.0 Å². The lowest BCUT2D eigenvalue weighted by Gasteiger charge is -2.19. The Hall–Kier alpha value is -6.21. The zero-order valence-electron chi connectivity index (χ0n) is 31.2. The SMILES string of the molecule is [2H]C([2H])([2H])c1cccc2c1nc1n(-c3cc(C(C)(C)C)ccn3)c3cc4c(cc3n21)c1ccccc1n4-c1cccc(-[n+]2[c-]n(C)c3ccccc32)c1. The van der Waals surface area contributed by atoms with Crippen LogP contribution in [-0.4, -0.2) is 28.1 Å². The second-order valence-corrected chi connectivity index (χ2v) is 14.1. The molecular formula is C43H35N7. The molecule has 5 aromatic heterocycles. The van der Waals surface area contributed by atoms with Gasteiger partial charge >= 0.3 is 0 Å². The molecule has 0 aliphatic heterocycles. The molecule has 0 unspecified atom stereocenters. The lowest BCUT2D eigenvalue weighted by Crippen LogP contribution is -2.29. The van der Waals surface area contributed by atoms with Crippen molar-refractivity contribution in [3.63, 3.8) is 0 Å². The van der Waals surface area contributed by atoms with Gasteiger partial charge in [-0.2, -0.15) is 0 Å². The molecule has 242 valence electrons. The fraction of sp³-hybridized carbons (Fsp3) is 0.140. The maximum Gasteiger partial charge on any atom is 0.244 e. The smallest absolute Gasteiger partial charge is 0.244 e. The van der Waals surface area contributed by atoms with Crippen LogP contribution in [-0.2, 0) is 12.5 Å². The molecule has 0 N–H and O–H groups in total. The van der Waals surface area contributed by atoms with Gasteiger partial charge in [-0.25, -0.2) is 9.97 Å². The molecule has 7 nitrogen and oxygen atoms in total. The first-order valence-corrected chi connectivity index (χ1v) is 16.8. The fourth-order valence-corrected chi connectivity index (χ4v) is 7.61. The quantitative estimate of drug-likeness (QED) is 0.141. The number of rotatable bonds is 3. The molecule has 0 spiro atoms. The molecule has 5 heterocycles. The van der Waals surface area contributed by atoms with Crippen LogP contribution in [0, 0.1) is 13.2 Å². The molecule has 0 aliphatic rings. The highest BCUT2D eigenvalue weighted by Gasteiger charge is 2.23. The van der Waals surface area contributed by atoms with Gasteiger partial charge in [0.25, 0.3) is 0 Å². The minimum absolute atomic E-state index is 0.115. The number of imidazole rings is 3. The molecule has 0 fully saturated rings. The number of fused-ring (bicyclic) bond motifs is 9. The maximum atomic E-state index is 8.31. The van der Waals surface area contributed by atoms with E-state index in [4.69, 9.17) is 14.1 Å². The van der Waals surface area contributed by atoms with E-state index in [1.54, 1.807) is 6.07 Å². The van der Waals surface area contributed by atoms with Crippen LogP contribution in [0.5, 0.6) is 0 Å². The van der Waals surface area contributed by atoms with Gasteiger partial charge in [-0.15, -0.1) is 0 Å². The van der Waals surface area contributed by atoms with Gasteiger partial charge in [0.2, 0.25) is 12.1 Å². The second-order valence-electron chi connectivity index (χ2n) is 14.1. The molecule has 0 radical (unpaired) electrons. The van der Waals surface area contributed by atoms with E-state index in [-0.39, 0.29) is 11.0 Å². The largest absolute Gasteiger partial charge is 0.319 e. The lowest BCUT2D eigenvalue weighted by molar-refractivity contribution is -0.572. The average molecular weight is 653 g/mol. The highest BCUT2D eigenvalue weighted by atomic mass is 15.2. The number of nitrogens with zero attached hydrogens (tertiary/aromatic N) is 7. The Bertz CT molecular complexity index is 3110. The van der Waals surface area contributed by atoms with Gasteiger partial charge in [0.1, 0.15) is 5.82 Å². The molecule has 0 aliphatic carbocycles. The lowest BCUT2D eigenvalue weighted by atomic mass is 9.88. The van der Waals surface area contributed by atoms with Crippen molar-refractivity contribution >= 4 is 60.7 Å². The molecule has 0 amide bonds. The standard InChI is InChI=1S/C43H35N7/c1-27-12-10-19-36-41(27)45-42-49(36)38-24-32-31-15-6-7-16-33(31)48(37(32)25-39(38)50(42)40-22-28(20-21-44-40)43(2,3)4)30-14-11-13-29(23-30)47-26-46(5)34-17-8-9-18-35(34)47/h6-25H,1-5H3/i1D3. The summed E-state index contributed by atoms with van der Waals surface area (Å²) in [5.74, 6) is 1.33. The number of aromatic nitrogens is 7. The van der Waals surface area contributed by atoms with Crippen LogP contribution in [0.25, 0.3) is 77.9 Å². The second kappa shape index (κ2) is 10.2. The van der Waals surface area contributed by atoms with Gasteiger partial charge in [-0.05, 0) is 71.9 Å². The molecule has 0 saturated heterocycles. The van der Waals surface area contributed by atoms with E-state index in [1.165, 1.54) is 0 Å². The Balaban J connectivity index is 1.31. The first-order chi connectivity index (χ1) is 25.5. The highest BCUT2D eigenvalue weighted by molar-refractivity contribution is 6.14. The monoisotopic (exact) mass is 652 g/mol. The van der Waals surface area contributed by atoms with Gasteiger partial charge < -0.3 is 13.7 Å². The summed E-state index contributed by atoms with van der Waals surface area (Å²) in [5.41, 5.74) is 10.6. The summed E-state index contributed by atoms with van der Waals surface area (Å²) in [5, 5.41) is 2.19. The van der Waals surface area contributed by atoms with Crippen LogP contribution >= 0.6 is 0 Å². The van der Waals surface area contributed by atoms with Crippen LogP contribution in [0.15, 0.2) is 121 Å². The maximum absolute atomic E-state index is 8.31. The Kier molecular flexibility index (Phi) is 5.23. The number of hydrogen-bond donors (Lipinski definition) is 0. The highest BCUT2D eigenvalue weighted by Crippen LogP contribution is 2.38. The van der Waals surface area contributed by atoms with Gasteiger partial charge in [0, 0.05) is 26.8 Å². The van der Waals surface area contributed by atoms with Gasteiger partial charge in [0.05, 0.1) is 56.9 Å². The third kappa shape index (κ3) is 4.00. The molecule has 7 heteroatoms. The van der Waals surface area contributed by atoms with Crippen molar-refractivity contribution < 1.29 is 8.68 Å². The predicted octanol–water partition coefficient (Wildman–Crippen LogP) is 9.10. The van der Waals surface area contributed by atoms with Crippen LogP contribution in [0.3, 0.4) is 0 Å². The number of hydrogen-bond acceptors (Lipinski definition) is 2. The molecule has 50 heavy (non-hydrogen) atoms. The van der Waals surface area contributed by atoms with Gasteiger partial charge in [-0.3, -0.25) is 8.97 Å². The van der Waals surface area contributed by atoms with Crippen LogP contribution in [0.2, 0.25) is 0 Å². The van der Waals surface area contributed by atoms with Crippen molar-refractivity contribution in [2.24, 2.45) is 7.05 Å². The number of para-hydroxylation sites is 4. The summed E-state index contributed by atoms with van der Waals surface area (Å²) >= 11 is 0. The van der Waals surface area contributed by atoms with Crippen molar-refractivity contribution in [2.75, 3.05) is 0 Å². The Labute approximate surface area is 293 Å². The molecule has 0 bridgehead atoms. The van der Waals surface area contributed by atoms with E-state index in [0.29, 0.717) is 11.3 Å². The number of pyridine rings is 1. The normalized spacial score (nSPS) is 13.6. The summed E-state index contributed by atoms with van der Waals surface area (Å²) in [7, 11) is 2.02. The Morgan fingerprint density at radius 3 is 2.36 bits per heavy atom. The first kappa shape index (κ1) is 25.8. The average Bonchev–Trinajstić information content (AvgIpc) is 3.87. The predicted molar refractivity (Wildman–Crippen MR) is 202 cm³/mol. The zero-order chi connectivity index (χ0) is 36.4. The summed E-state index contributed by atoms with van der Waals surface area (Å²) in [6.45, 7) is 4.24. The molecule has 5 aromatic carbocycles. The minimum atomic E-state index is -2.32. The zero-order valence-corrected chi connectivity index (χ0v) is 28.2. The van der Waals surface area contributed by atoms with Crippen molar-refractivity contribution in [2.45, 2.75) is 33.0 Å². The Morgan fingerprint density at radius 1 is 0.700 bits per heavy atom. The topological polar surface area (TPSA) is 48.9 Å². The summed E-state index contributed by atoms with van der Waals surface area (Å²) < 4.78 is 35.6. The molecule has 10 rings (SSSR count). The van der Waals surface area contributed by atoms with Crippen LogP contribution < -0.4 is 4.57 Å². The van der Waals surface area contributed by atoms with Crippen LogP contribution in [0.4, 0.5) is 0 Å². The summed E-state index contributed by atoms with van der Waals surface area (Å²) in [4.78, 5) is 9.98. The van der Waals surface area contributed by atoms with Crippen molar-refractivity contribution in [3.8, 4) is 17.2 Å². The summed E-state index contributed by atoms with van der Waals surface area (Å²) in [6.07, 6.45) is 5.33. The van der Waals surface area contributed by atoms with Crippen molar-refractivity contribution in [3.05, 3.63) is 139 Å². The van der Waals surface area contributed by atoms with E-state index in [9.17, 15) is 0 Å². The fourth-order valence-electron chi connectivity index (χ4n) is 7.61. The van der Waals surface area contributed by atoms with E-state index < -0.39 is 6.85 Å². The third-order valence-electron chi connectivity index (χ3n) is 10.0. The molecule has 0 atom stereocenters. The Morgan fingerprint density at radius 2 is 1.50 bits per heavy atom. The summed E-state index contributed by atoms with van der Waals surface area (Å²) in [6, 6.07) is 39.4. The van der Waals surface area contributed by atoms with E-state index in [0.717, 1.165) is 72.1 Å². The third-order valence-corrected chi connectivity index (χ3v) is 10.0. The van der Waals surface area contributed by atoms with Crippen molar-refractivity contribution in [1.82, 2.24) is 28.1 Å². The van der Waals surface area contributed by atoms with Gasteiger partial charge in [0.15, 0.2) is 0 Å². The molecule has 10 aromatic rings. The van der Waals surface area contributed by atoms with Crippen LogP contribution in [0.1, 0.15) is 36.0 Å². The number of aryl methyl sites for hydroxylation is 2. The first-order valence-electron chi connectivity index (χ1n) is 18.3. The number of benzene rings is 5. The van der Waals surface area contributed by atoms with Gasteiger partial charge in [-0.1, -0.05) is 87.5 Å².